The molecule has 1 aliphatic rings. The Bertz CT molecular complexity index is 269. The summed E-state index contributed by atoms with van der Waals surface area (Å²) in [6, 6.07) is 0. The molecular formula is C13H26N2O2. The van der Waals surface area contributed by atoms with E-state index in [2.05, 4.69) is 18.7 Å². The minimum atomic E-state index is -1.09. The number of likely N-dealkylation sites (tertiary alicyclic amines) is 1. The molecule has 1 aliphatic heterocycles. The second-order valence-electron chi connectivity index (χ2n) is 5.98. The summed E-state index contributed by atoms with van der Waals surface area (Å²) in [7, 11) is 0. The van der Waals surface area contributed by atoms with Gasteiger partial charge in [0.25, 0.3) is 0 Å². The van der Waals surface area contributed by atoms with Crippen LogP contribution in [0.25, 0.3) is 0 Å². The summed E-state index contributed by atoms with van der Waals surface area (Å²) < 4.78 is 0. The molecule has 1 fully saturated rings. The van der Waals surface area contributed by atoms with Gasteiger partial charge >= 0.3 is 5.97 Å². The molecule has 0 aromatic rings. The summed E-state index contributed by atoms with van der Waals surface area (Å²) in [5, 5.41) is 8.95. The number of carbonyl (C=O) groups is 1. The first kappa shape index (κ1) is 14.5. The van der Waals surface area contributed by atoms with E-state index in [1.165, 1.54) is 19.3 Å². The molecular weight excluding hydrogens is 216 g/mol. The third-order valence-corrected chi connectivity index (χ3v) is 4.35. The maximum Gasteiger partial charge on any atom is 0.323 e. The van der Waals surface area contributed by atoms with E-state index in [1.54, 1.807) is 6.92 Å². The molecule has 0 aromatic heterocycles. The van der Waals surface area contributed by atoms with Crippen LogP contribution in [-0.4, -0.2) is 41.1 Å². The maximum atomic E-state index is 10.9. The third kappa shape index (κ3) is 3.96. The lowest BCUT2D eigenvalue weighted by atomic mass is 9.78. The van der Waals surface area contributed by atoms with Crippen LogP contribution >= 0.6 is 0 Å². The Kier molecular flexibility index (Phi) is 4.55. The smallest absolute Gasteiger partial charge is 0.323 e. The molecule has 0 aromatic carbocycles. The summed E-state index contributed by atoms with van der Waals surface area (Å²) in [5.41, 5.74) is 5.12. The number of aliphatic carboxylic acids is 1. The number of hydrogen-bond donors (Lipinski definition) is 2. The molecule has 4 heteroatoms. The Morgan fingerprint density at radius 1 is 1.47 bits per heavy atom. The highest BCUT2D eigenvalue weighted by Gasteiger charge is 2.31. The number of nitrogens with zero attached hydrogens (tertiary/aromatic N) is 1. The molecule has 3 N–H and O–H groups in total. The topological polar surface area (TPSA) is 66.6 Å². The Labute approximate surface area is 104 Å². The second-order valence-corrected chi connectivity index (χ2v) is 5.98. The first-order chi connectivity index (χ1) is 7.79. The average molecular weight is 242 g/mol. The van der Waals surface area contributed by atoms with Gasteiger partial charge in [0.1, 0.15) is 5.54 Å². The van der Waals surface area contributed by atoms with Crippen LogP contribution in [0.2, 0.25) is 0 Å². The SMILES string of the molecule is CCC1(C)CCN(CCC(C)(N)C(=O)O)CC1. The molecule has 100 valence electrons. The predicted octanol–water partition coefficient (Wildman–Crippen LogP) is 1.69. The van der Waals surface area contributed by atoms with Gasteiger partial charge in [0.15, 0.2) is 0 Å². The fraction of sp³-hybridized carbons (Fsp3) is 0.923. The fourth-order valence-electron chi connectivity index (χ4n) is 2.17. The van der Waals surface area contributed by atoms with Crippen molar-refractivity contribution in [1.29, 1.82) is 0 Å². The fourth-order valence-corrected chi connectivity index (χ4v) is 2.17. The molecule has 0 saturated carbocycles. The quantitative estimate of drug-likeness (QED) is 0.770. The lowest BCUT2D eigenvalue weighted by molar-refractivity contribution is -0.143. The lowest BCUT2D eigenvalue weighted by Crippen LogP contribution is -2.48. The van der Waals surface area contributed by atoms with Crippen molar-refractivity contribution in [1.82, 2.24) is 4.90 Å². The molecule has 0 bridgehead atoms. The van der Waals surface area contributed by atoms with Crippen LogP contribution in [-0.2, 0) is 4.79 Å². The van der Waals surface area contributed by atoms with Crippen LogP contribution < -0.4 is 5.73 Å². The van der Waals surface area contributed by atoms with E-state index in [1.807, 2.05) is 0 Å². The van der Waals surface area contributed by atoms with Gasteiger partial charge in [0.2, 0.25) is 0 Å². The van der Waals surface area contributed by atoms with Crippen LogP contribution in [0.3, 0.4) is 0 Å². The van der Waals surface area contributed by atoms with Gasteiger partial charge in [-0.15, -0.1) is 0 Å². The summed E-state index contributed by atoms with van der Waals surface area (Å²) in [6.07, 6.45) is 4.16. The third-order valence-electron chi connectivity index (χ3n) is 4.35. The van der Waals surface area contributed by atoms with E-state index in [0.717, 1.165) is 19.6 Å². The van der Waals surface area contributed by atoms with Gasteiger partial charge < -0.3 is 15.7 Å². The van der Waals surface area contributed by atoms with E-state index in [0.29, 0.717) is 11.8 Å². The zero-order chi connectivity index (χ0) is 13.1. The van der Waals surface area contributed by atoms with Crippen molar-refractivity contribution in [3.05, 3.63) is 0 Å². The van der Waals surface area contributed by atoms with E-state index in [-0.39, 0.29) is 0 Å². The lowest BCUT2D eigenvalue weighted by Gasteiger charge is -2.39. The molecule has 0 radical (unpaired) electrons. The maximum absolute atomic E-state index is 10.9. The summed E-state index contributed by atoms with van der Waals surface area (Å²) in [5.74, 6) is -0.909. The monoisotopic (exact) mass is 242 g/mol. The van der Waals surface area contributed by atoms with Crippen LogP contribution in [0.4, 0.5) is 0 Å². The summed E-state index contributed by atoms with van der Waals surface area (Å²) in [6.45, 7) is 9.11. The van der Waals surface area contributed by atoms with Crippen molar-refractivity contribution in [2.45, 2.75) is 52.0 Å². The van der Waals surface area contributed by atoms with Crippen molar-refractivity contribution < 1.29 is 9.90 Å². The summed E-state index contributed by atoms with van der Waals surface area (Å²) >= 11 is 0. The molecule has 1 heterocycles. The van der Waals surface area contributed by atoms with Gasteiger partial charge in [-0.1, -0.05) is 20.3 Å². The molecule has 1 atom stereocenters. The second kappa shape index (κ2) is 5.36. The van der Waals surface area contributed by atoms with Crippen molar-refractivity contribution in [3.63, 3.8) is 0 Å². The van der Waals surface area contributed by atoms with Gasteiger partial charge in [-0.3, -0.25) is 4.79 Å². The highest BCUT2D eigenvalue weighted by Crippen LogP contribution is 2.33. The first-order valence-electron chi connectivity index (χ1n) is 6.54. The van der Waals surface area contributed by atoms with Crippen molar-refractivity contribution in [3.8, 4) is 0 Å². The van der Waals surface area contributed by atoms with Crippen molar-refractivity contribution in [2.75, 3.05) is 19.6 Å². The van der Waals surface area contributed by atoms with Gasteiger partial charge in [0, 0.05) is 6.54 Å². The highest BCUT2D eigenvalue weighted by molar-refractivity contribution is 5.77. The Balaban J connectivity index is 2.34. The minimum Gasteiger partial charge on any atom is -0.480 e. The molecule has 0 amide bonds. The average Bonchev–Trinajstić information content (AvgIpc) is 2.28. The van der Waals surface area contributed by atoms with Crippen LogP contribution in [0.5, 0.6) is 0 Å². The molecule has 1 unspecified atom stereocenters. The van der Waals surface area contributed by atoms with Gasteiger partial charge in [-0.25, -0.2) is 0 Å². The number of rotatable bonds is 5. The van der Waals surface area contributed by atoms with Gasteiger partial charge in [-0.05, 0) is 44.7 Å². The zero-order valence-electron chi connectivity index (χ0n) is 11.3. The molecule has 1 rings (SSSR count). The van der Waals surface area contributed by atoms with E-state index >= 15 is 0 Å². The van der Waals surface area contributed by atoms with Gasteiger partial charge in [0.05, 0.1) is 0 Å². The molecule has 4 nitrogen and oxygen atoms in total. The Morgan fingerprint density at radius 3 is 2.41 bits per heavy atom. The number of carboxylic acids is 1. The summed E-state index contributed by atoms with van der Waals surface area (Å²) in [4.78, 5) is 13.2. The minimum absolute atomic E-state index is 0.481. The Hall–Kier alpha value is -0.610. The van der Waals surface area contributed by atoms with E-state index in [9.17, 15) is 4.79 Å². The van der Waals surface area contributed by atoms with Crippen LogP contribution in [0.15, 0.2) is 0 Å². The van der Waals surface area contributed by atoms with Crippen molar-refractivity contribution in [2.24, 2.45) is 11.1 Å². The van der Waals surface area contributed by atoms with Crippen molar-refractivity contribution >= 4 is 5.97 Å². The standard InChI is InChI=1S/C13H26N2O2/c1-4-12(2)5-8-15(9-6-12)10-7-13(3,14)11(16)17/h4-10,14H2,1-3H3,(H,16,17). The largest absolute Gasteiger partial charge is 0.480 e. The number of hydrogen-bond acceptors (Lipinski definition) is 3. The molecule has 0 aliphatic carbocycles. The zero-order valence-corrected chi connectivity index (χ0v) is 11.3. The van der Waals surface area contributed by atoms with Gasteiger partial charge in [-0.2, -0.15) is 0 Å². The number of carboxylic acid groups (broad SMARTS) is 1. The predicted molar refractivity (Wildman–Crippen MR) is 68.9 cm³/mol. The van der Waals surface area contributed by atoms with E-state index < -0.39 is 11.5 Å². The number of nitrogens with two attached hydrogens (primary N) is 1. The first-order valence-corrected chi connectivity index (χ1v) is 6.54. The van der Waals surface area contributed by atoms with Crippen LogP contribution in [0.1, 0.15) is 46.5 Å². The molecule has 1 saturated heterocycles. The van der Waals surface area contributed by atoms with Crippen LogP contribution in [0, 0.1) is 5.41 Å². The molecule has 17 heavy (non-hydrogen) atoms. The number of piperidine rings is 1. The normalized spacial score (nSPS) is 24.2. The highest BCUT2D eigenvalue weighted by atomic mass is 16.4. The van der Waals surface area contributed by atoms with E-state index in [4.69, 9.17) is 10.8 Å². The Morgan fingerprint density at radius 2 is 2.00 bits per heavy atom. The molecule has 0 spiro atoms.